The molecule has 0 bridgehead atoms. The maximum absolute atomic E-state index is 12.8. The van der Waals surface area contributed by atoms with Crippen LogP contribution in [-0.2, 0) is 16.0 Å². The van der Waals surface area contributed by atoms with Gasteiger partial charge in [-0.1, -0.05) is 30.3 Å². The molecule has 1 aromatic carbocycles. The van der Waals surface area contributed by atoms with Gasteiger partial charge in [0.2, 0.25) is 0 Å². The molecular weight excluding hydrogens is 376 g/mol. The van der Waals surface area contributed by atoms with E-state index in [1.54, 1.807) is 6.92 Å². The number of hydrogen-bond acceptors (Lipinski definition) is 5. The molecule has 3 rings (SSSR count). The van der Waals surface area contributed by atoms with Gasteiger partial charge in [0.1, 0.15) is 17.8 Å². The summed E-state index contributed by atoms with van der Waals surface area (Å²) in [7, 11) is 0. The molecule has 1 aliphatic rings. The summed E-state index contributed by atoms with van der Waals surface area (Å²) in [6.07, 6.45) is 3.54. The van der Waals surface area contributed by atoms with Crippen LogP contribution in [0.1, 0.15) is 36.2 Å². The molecule has 2 atom stereocenters. The van der Waals surface area contributed by atoms with Crippen molar-refractivity contribution in [3.63, 3.8) is 0 Å². The average Bonchev–Trinajstić information content (AvgIpc) is 3.31. The van der Waals surface area contributed by atoms with E-state index in [1.807, 2.05) is 30.3 Å². The van der Waals surface area contributed by atoms with Crippen LogP contribution in [0.25, 0.3) is 0 Å². The third-order valence-corrected chi connectivity index (χ3v) is 4.76. The molecule has 29 heavy (non-hydrogen) atoms. The molecule has 0 aliphatic carbocycles. The van der Waals surface area contributed by atoms with Crippen molar-refractivity contribution in [2.75, 3.05) is 0 Å². The SMILES string of the molecule is C[C@H](NC(=O)c1ccoc1)C(=O)NN1C(=O)N[C@@](C)(CCc2ccccc2)C1=O. The van der Waals surface area contributed by atoms with Crippen LogP contribution in [0, 0.1) is 0 Å². The van der Waals surface area contributed by atoms with Crippen LogP contribution < -0.4 is 16.1 Å². The van der Waals surface area contributed by atoms with Crippen LogP contribution in [0.5, 0.6) is 0 Å². The van der Waals surface area contributed by atoms with Gasteiger partial charge in [-0.3, -0.25) is 19.8 Å². The fourth-order valence-corrected chi connectivity index (χ4v) is 2.94. The lowest BCUT2D eigenvalue weighted by Gasteiger charge is -2.22. The Labute approximate surface area is 167 Å². The monoisotopic (exact) mass is 398 g/mol. The van der Waals surface area contributed by atoms with Crippen LogP contribution in [0.4, 0.5) is 4.79 Å². The highest BCUT2D eigenvalue weighted by Crippen LogP contribution is 2.22. The Morgan fingerprint density at radius 1 is 1.21 bits per heavy atom. The average molecular weight is 398 g/mol. The summed E-state index contributed by atoms with van der Waals surface area (Å²) in [4.78, 5) is 49.4. The van der Waals surface area contributed by atoms with Crippen molar-refractivity contribution in [1.82, 2.24) is 21.1 Å². The highest BCUT2D eigenvalue weighted by molar-refractivity contribution is 6.08. The molecule has 1 aliphatic heterocycles. The first-order valence-electron chi connectivity index (χ1n) is 9.14. The second kappa shape index (κ2) is 8.17. The number of furan rings is 1. The van der Waals surface area contributed by atoms with E-state index in [2.05, 4.69) is 16.1 Å². The number of carbonyl (C=O) groups excluding carboxylic acids is 4. The predicted octanol–water partition coefficient (Wildman–Crippen LogP) is 1.37. The summed E-state index contributed by atoms with van der Waals surface area (Å²) < 4.78 is 4.82. The molecule has 9 heteroatoms. The molecule has 3 N–H and O–H groups in total. The summed E-state index contributed by atoms with van der Waals surface area (Å²) >= 11 is 0. The Hall–Kier alpha value is -3.62. The number of nitrogens with zero attached hydrogens (tertiary/aromatic N) is 1. The zero-order chi connectivity index (χ0) is 21.0. The Morgan fingerprint density at radius 3 is 2.59 bits per heavy atom. The first-order chi connectivity index (χ1) is 13.8. The van der Waals surface area contributed by atoms with Crippen LogP contribution in [0.2, 0.25) is 0 Å². The van der Waals surface area contributed by atoms with Crippen molar-refractivity contribution >= 4 is 23.8 Å². The van der Waals surface area contributed by atoms with E-state index in [-0.39, 0.29) is 5.56 Å². The van der Waals surface area contributed by atoms with Gasteiger partial charge in [0.05, 0.1) is 11.8 Å². The molecule has 2 heterocycles. The summed E-state index contributed by atoms with van der Waals surface area (Å²) in [5.41, 5.74) is 2.43. The Balaban J connectivity index is 1.58. The standard InChI is InChI=1S/C20H22N4O5/c1-13(21-17(26)15-9-11-29-12-15)16(25)23-24-18(27)20(2,22-19(24)28)10-8-14-6-4-3-5-7-14/h3-7,9,11-13H,8,10H2,1-2H3,(H,21,26)(H,22,28)(H,23,25)/t13-,20-/m0/s1. The lowest BCUT2D eigenvalue weighted by Crippen LogP contribution is -2.54. The summed E-state index contributed by atoms with van der Waals surface area (Å²) in [6, 6.07) is 9.34. The van der Waals surface area contributed by atoms with Crippen LogP contribution in [0.3, 0.4) is 0 Å². The zero-order valence-corrected chi connectivity index (χ0v) is 16.1. The van der Waals surface area contributed by atoms with Crippen molar-refractivity contribution in [3.05, 3.63) is 60.1 Å². The molecule has 2 aromatic rings. The number of amides is 5. The van der Waals surface area contributed by atoms with E-state index in [9.17, 15) is 19.2 Å². The number of benzene rings is 1. The maximum atomic E-state index is 12.8. The number of imide groups is 1. The van der Waals surface area contributed by atoms with Gasteiger partial charge in [-0.05, 0) is 38.3 Å². The molecule has 5 amide bonds. The molecule has 1 fully saturated rings. The van der Waals surface area contributed by atoms with Gasteiger partial charge in [0.15, 0.2) is 0 Å². The molecule has 0 unspecified atom stereocenters. The molecule has 152 valence electrons. The van der Waals surface area contributed by atoms with Crippen molar-refractivity contribution < 1.29 is 23.6 Å². The van der Waals surface area contributed by atoms with Gasteiger partial charge in [-0.2, -0.15) is 5.01 Å². The third-order valence-electron chi connectivity index (χ3n) is 4.76. The first-order valence-corrected chi connectivity index (χ1v) is 9.14. The lowest BCUT2D eigenvalue weighted by atomic mass is 9.93. The topological polar surface area (TPSA) is 121 Å². The fraction of sp³-hybridized carbons (Fsp3) is 0.300. The van der Waals surface area contributed by atoms with Gasteiger partial charge in [-0.25, -0.2) is 4.79 Å². The molecule has 1 saturated heterocycles. The van der Waals surface area contributed by atoms with E-state index in [0.717, 1.165) is 5.56 Å². The van der Waals surface area contributed by atoms with E-state index in [0.29, 0.717) is 17.9 Å². The van der Waals surface area contributed by atoms with Crippen LogP contribution >= 0.6 is 0 Å². The second-order valence-corrected chi connectivity index (χ2v) is 7.07. The second-order valence-electron chi connectivity index (χ2n) is 7.07. The third kappa shape index (κ3) is 4.45. The number of hydrogen-bond donors (Lipinski definition) is 3. The van der Waals surface area contributed by atoms with Crippen molar-refractivity contribution in [2.45, 2.75) is 38.3 Å². The normalized spacial score (nSPS) is 19.6. The van der Waals surface area contributed by atoms with Gasteiger partial charge < -0.3 is 15.1 Å². The fourth-order valence-electron chi connectivity index (χ4n) is 2.94. The predicted molar refractivity (Wildman–Crippen MR) is 102 cm³/mol. The summed E-state index contributed by atoms with van der Waals surface area (Å²) in [5, 5.41) is 5.76. The minimum atomic E-state index is -1.14. The summed E-state index contributed by atoms with van der Waals surface area (Å²) in [6.45, 7) is 3.06. The van der Waals surface area contributed by atoms with Crippen LogP contribution in [-0.4, -0.2) is 40.3 Å². The number of hydrazine groups is 1. The van der Waals surface area contributed by atoms with E-state index >= 15 is 0 Å². The molecular formula is C20H22N4O5. The summed E-state index contributed by atoms with van der Waals surface area (Å²) in [5.74, 6) is -1.76. The Kier molecular flexibility index (Phi) is 5.67. The minimum absolute atomic E-state index is 0.258. The highest BCUT2D eigenvalue weighted by Gasteiger charge is 2.48. The van der Waals surface area contributed by atoms with E-state index in [4.69, 9.17) is 4.42 Å². The zero-order valence-electron chi connectivity index (χ0n) is 16.1. The lowest BCUT2D eigenvalue weighted by molar-refractivity contribution is -0.139. The van der Waals surface area contributed by atoms with Crippen molar-refractivity contribution in [2.24, 2.45) is 0 Å². The van der Waals surface area contributed by atoms with Gasteiger partial charge >= 0.3 is 6.03 Å². The number of rotatable bonds is 7. The highest BCUT2D eigenvalue weighted by atomic mass is 16.3. The van der Waals surface area contributed by atoms with E-state index < -0.39 is 35.3 Å². The van der Waals surface area contributed by atoms with Crippen molar-refractivity contribution in [1.29, 1.82) is 0 Å². The number of nitrogens with one attached hydrogen (secondary N) is 3. The molecule has 0 radical (unpaired) electrons. The van der Waals surface area contributed by atoms with Crippen LogP contribution in [0.15, 0.2) is 53.3 Å². The smallest absolute Gasteiger partial charge is 0.344 e. The quantitative estimate of drug-likeness (QED) is 0.609. The van der Waals surface area contributed by atoms with Crippen molar-refractivity contribution in [3.8, 4) is 0 Å². The maximum Gasteiger partial charge on any atom is 0.344 e. The largest absolute Gasteiger partial charge is 0.472 e. The number of aryl methyl sites for hydroxylation is 1. The Morgan fingerprint density at radius 2 is 1.93 bits per heavy atom. The van der Waals surface area contributed by atoms with Gasteiger partial charge in [0, 0.05) is 0 Å². The van der Waals surface area contributed by atoms with Gasteiger partial charge in [-0.15, -0.1) is 0 Å². The Bertz CT molecular complexity index is 912. The molecule has 1 aromatic heterocycles. The number of carbonyl (C=O) groups is 4. The number of urea groups is 1. The first kappa shape index (κ1) is 20.1. The van der Waals surface area contributed by atoms with Gasteiger partial charge in [0.25, 0.3) is 17.7 Å². The molecule has 0 saturated carbocycles. The molecule has 9 nitrogen and oxygen atoms in total. The minimum Gasteiger partial charge on any atom is -0.472 e. The van der Waals surface area contributed by atoms with E-state index in [1.165, 1.54) is 25.5 Å². The molecule has 0 spiro atoms.